The molecule has 0 aliphatic carbocycles. The Kier molecular flexibility index (Phi) is 3.65. The van der Waals surface area contributed by atoms with E-state index in [1.807, 2.05) is 5.38 Å². The summed E-state index contributed by atoms with van der Waals surface area (Å²) in [7, 11) is -1.26. The number of carbonyl (C=O) groups is 1. The molecule has 0 amide bonds. The summed E-state index contributed by atoms with van der Waals surface area (Å²) in [4.78, 5) is 15.3. The van der Waals surface area contributed by atoms with Crippen molar-refractivity contribution in [3.8, 4) is 0 Å². The molecule has 0 radical (unpaired) electrons. The highest BCUT2D eigenvalue weighted by Crippen LogP contribution is 2.15. The zero-order valence-corrected chi connectivity index (χ0v) is 10.3. The topological polar surface area (TPSA) is 67.3 Å². The van der Waals surface area contributed by atoms with Crippen LogP contribution in [0.15, 0.2) is 40.7 Å². The van der Waals surface area contributed by atoms with Gasteiger partial charge in [0.25, 0.3) is 0 Å². The summed E-state index contributed by atoms with van der Waals surface area (Å²) in [6.07, 6.45) is 1.66. The summed E-state index contributed by atoms with van der Waals surface area (Å²) < 4.78 is 12.0. The summed E-state index contributed by atoms with van der Waals surface area (Å²) in [6, 6.07) is 6.17. The minimum Gasteiger partial charge on any atom is -0.478 e. The molecule has 0 spiro atoms. The Balaban J connectivity index is 2.19. The number of carboxylic acid groups (broad SMARTS) is 1. The average Bonchev–Trinajstić information content (AvgIpc) is 2.82. The van der Waals surface area contributed by atoms with E-state index in [1.54, 1.807) is 18.3 Å². The predicted octanol–water partition coefficient (Wildman–Crippen LogP) is 2.15. The van der Waals surface area contributed by atoms with Crippen molar-refractivity contribution < 1.29 is 14.1 Å². The van der Waals surface area contributed by atoms with E-state index < -0.39 is 16.8 Å². The quantitative estimate of drug-likeness (QED) is 0.921. The maximum atomic E-state index is 12.0. The predicted molar refractivity (Wildman–Crippen MR) is 65.6 cm³/mol. The molecule has 0 fully saturated rings. The minimum absolute atomic E-state index is 0.148. The van der Waals surface area contributed by atoms with Gasteiger partial charge in [-0.15, -0.1) is 11.3 Å². The molecule has 2 rings (SSSR count). The smallest absolute Gasteiger partial charge is 0.335 e. The van der Waals surface area contributed by atoms with Crippen molar-refractivity contribution in [2.75, 3.05) is 0 Å². The van der Waals surface area contributed by atoms with E-state index in [0.29, 0.717) is 10.6 Å². The van der Waals surface area contributed by atoms with E-state index in [0.717, 1.165) is 5.01 Å². The zero-order valence-electron chi connectivity index (χ0n) is 8.70. The molecule has 1 atom stereocenters. The van der Waals surface area contributed by atoms with Gasteiger partial charge in [0.1, 0.15) is 5.01 Å². The van der Waals surface area contributed by atoms with Crippen molar-refractivity contribution in [3.05, 3.63) is 46.4 Å². The Morgan fingerprint density at radius 3 is 2.94 bits per heavy atom. The van der Waals surface area contributed by atoms with Crippen LogP contribution in [0.3, 0.4) is 0 Å². The number of rotatable bonds is 4. The lowest BCUT2D eigenvalue weighted by Gasteiger charge is -2.01. The van der Waals surface area contributed by atoms with E-state index in [4.69, 9.17) is 5.11 Å². The first-order chi connectivity index (χ1) is 8.16. The second kappa shape index (κ2) is 5.20. The minimum atomic E-state index is -1.26. The largest absolute Gasteiger partial charge is 0.478 e. The van der Waals surface area contributed by atoms with E-state index in [9.17, 15) is 9.00 Å². The molecule has 1 unspecified atom stereocenters. The SMILES string of the molecule is O=C(O)c1cccc(S(=O)Cc2nccs2)c1. The number of benzene rings is 1. The maximum Gasteiger partial charge on any atom is 0.335 e. The maximum absolute atomic E-state index is 12.0. The molecule has 0 saturated carbocycles. The molecule has 0 aliphatic heterocycles. The van der Waals surface area contributed by atoms with Gasteiger partial charge >= 0.3 is 5.97 Å². The van der Waals surface area contributed by atoms with Crippen LogP contribution in [0.5, 0.6) is 0 Å². The van der Waals surface area contributed by atoms with Crippen molar-refractivity contribution >= 4 is 28.1 Å². The molecule has 17 heavy (non-hydrogen) atoms. The van der Waals surface area contributed by atoms with Crippen LogP contribution in [0, 0.1) is 0 Å². The number of thiazole rings is 1. The first-order valence-corrected chi connectivity index (χ1v) is 6.97. The van der Waals surface area contributed by atoms with Crippen molar-refractivity contribution in [2.45, 2.75) is 10.6 Å². The number of hydrogen-bond acceptors (Lipinski definition) is 4. The third kappa shape index (κ3) is 2.98. The van der Waals surface area contributed by atoms with Crippen LogP contribution in [0.4, 0.5) is 0 Å². The Morgan fingerprint density at radius 1 is 1.47 bits per heavy atom. The molecule has 1 aromatic heterocycles. The fourth-order valence-corrected chi connectivity index (χ4v) is 3.24. The van der Waals surface area contributed by atoms with Gasteiger partial charge in [0.2, 0.25) is 0 Å². The second-order valence-electron chi connectivity index (χ2n) is 3.25. The zero-order chi connectivity index (χ0) is 12.3. The Labute approximate surface area is 104 Å². The Hall–Kier alpha value is -1.53. The summed E-state index contributed by atoms with van der Waals surface area (Å²) in [6.45, 7) is 0. The van der Waals surface area contributed by atoms with Crippen LogP contribution in [-0.2, 0) is 16.6 Å². The van der Waals surface area contributed by atoms with E-state index in [-0.39, 0.29) is 5.56 Å². The van der Waals surface area contributed by atoms with Crippen LogP contribution < -0.4 is 0 Å². The van der Waals surface area contributed by atoms with Gasteiger partial charge in [-0.25, -0.2) is 9.78 Å². The third-order valence-corrected chi connectivity index (χ3v) is 4.36. The first kappa shape index (κ1) is 11.9. The monoisotopic (exact) mass is 267 g/mol. The van der Waals surface area contributed by atoms with Crippen LogP contribution >= 0.6 is 11.3 Å². The summed E-state index contributed by atoms with van der Waals surface area (Å²) >= 11 is 1.44. The van der Waals surface area contributed by atoms with Gasteiger partial charge in [-0.2, -0.15) is 0 Å². The van der Waals surface area contributed by atoms with Gasteiger partial charge in [0.15, 0.2) is 0 Å². The molecular weight excluding hydrogens is 258 g/mol. The number of nitrogens with zero attached hydrogens (tertiary/aromatic N) is 1. The van der Waals surface area contributed by atoms with Gasteiger partial charge < -0.3 is 5.11 Å². The summed E-state index contributed by atoms with van der Waals surface area (Å²) in [5.41, 5.74) is 0.148. The average molecular weight is 267 g/mol. The molecule has 6 heteroatoms. The van der Waals surface area contributed by atoms with E-state index in [2.05, 4.69) is 4.98 Å². The molecule has 0 aliphatic rings. The van der Waals surface area contributed by atoms with E-state index in [1.165, 1.54) is 23.5 Å². The second-order valence-corrected chi connectivity index (χ2v) is 5.68. The van der Waals surface area contributed by atoms with Crippen molar-refractivity contribution in [1.29, 1.82) is 0 Å². The Bertz CT molecular complexity index is 552. The first-order valence-electron chi connectivity index (χ1n) is 4.77. The van der Waals surface area contributed by atoms with E-state index >= 15 is 0 Å². The molecule has 4 nitrogen and oxygen atoms in total. The number of hydrogen-bond donors (Lipinski definition) is 1. The van der Waals surface area contributed by atoms with Gasteiger partial charge in [0.05, 0.1) is 22.1 Å². The molecule has 1 N–H and O–H groups in total. The lowest BCUT2D eigenvalue weighted by atomic mass is 10.2. The molecule has 88 valence electrons. The summed E-state index contributed by atoms with van der Waals surface area (Å²) in [5.74, 6) is -0.695. The third-order valence-electron chi connectivity index (χ3n) is 2.08. The van der Waals surface area contributed by atoms with Crippen LogP contribution in [-0.4, -0.2) is 20.3 Å². The van der Waals surface area contributed by atoms with Gasteiger partial charge in [0, 0.05) is 16.5 Å². The number of carboxylic acids is 1. The van der Waals surface area contributed by atoms with Crippen LogP contribution in [0.1, 0.15) is 15.4 Å². The molecule has 0 saturated heterocycles. The highest BCUT2D eigenvalue weighted by molar-refractivity contribution is 7.84. The highest BCUT2D eigenvalue weighted by atomic mass is 32.2. The fourth-order valence-electron chi connectivity index (χ4n) is 1.29. The standard InChI is InChI=1S/C11H9NO3S2/c13-11(14)8-2-1-3-9(6-8)17(15)7-10-12-4-5-16-10/h1-6H,7H2,(H,13,14). The van der Waals surface area contributed by atoms with Crippen LogP contribution in [0.25, 0.3) is 0 Å². The molecule has 0 bridgehead atoms. The highest BCUT2D eigenvalue weighted by Gasteiger charge is 2.10. The van der Waals surface area contributed by atoms with Crippen molar-refractivity contribution in [3.63, 3.8) is 0 Å². The molecule has 1 heterocycles. The molecule has 1 aromatic carbocycles. The van der Waals surface area contributed by atoms with Crippen molar-refractivity contribution in [2.24, 2.45) is 0 Å². The lowest BCUT2D eigenvalue weighted by molar-refractivity contribution is 0.0696. The normalized spacial score (nSPS) is 12.2. The van der Waals surface area contributed by atoms with Gasteiger partial charge in [-0.3, -0.25) is 4.21 Å². The van der Waals surface area contributed by atoms with Crippen molar-refractivity contribution in [1.82, 2.24) is 4.98 Å². The molecular formula is C11H9NO3S2. The lowest BCUT2D eigenvalue weighted by Crippen LogP contribution is -2.00. The van der Waals surface area contributed by atoms with Crippen LogP contribution in [0.2, 0.25) is 0 Å². The molecule has 2 aromatic rings. The number of aromatic carboxylic acids is 1. The fraction of sp³-hybridized carbons (Fsp3) is 0.0909. The Morgan fingerprint density at radius 2 is 2.29 bits per heavy atom. The van der Waals surface area contributed by atoms with Gasteiger partial charge in [-0.1, -0.05) is 6.07 Å². The van der Waals surface area contributed by atoms with Gasteiger partial charge in [-0.05, 0) is 18.2 Å². The summed E-state index contributed by atoms with van der Waals surface area (Å²) in [5, 5.41) is 11.4. The number of aromatic nitrogens is 1.